The van der Waals surface area contributed by atoms with Crippen molar-refractivity contribution in [2.24, 2.45) is 0 Å². The van der Waals surface area contributed by atoms with Crippen LogP contribution in [0.5, 0.6) is 5.75 Å². The van der Waals surface area contributed by atoms with Crippen LogP contribution in [0.25, 0.3) is 0 Å². The molecule has 23 heavy (non-hydrogen) atoms. The van der Waals surface area contributed by atoms with E-state index in [4.69, 9.17) is 4.74 Å². The normalized spacial score (nSPS) is 10.1. The molecule has 0 aliphatic rings. The van der Waals surface area contributed by atoms with E-state index in [2.05, 4.69) is 34.9 Å². The van der Waals surface area contributed by atoms with Gasteiger partial charge in [0.05, 0.1) is 6.61 Å². The molecule has 0 amide bonds. The average molecular weight is 304 g/mol. The van der Waals surface area contributed by atoms with Crippen LogP contribution >= 0.6 is 0 Å². The molecule has 3 aromatic rings. The molecule has 0 aliphatic heterocycles. The predicted molar refractivity (Wildman–Crippen MR) is 97.1 cm³/mol. The molecule has 0 spiro atoms. The van der Waals surface area contributed by atoms with E-state index in [0.29, 0.717) is 6.61 Å². The number of hydrogen-bond donors (Lipinski definition) is 2. The number of benzene rings is 3. The van der Waals surface area contributed by atoms with Gasteiger partial charge >= 0.3 is 0 Å². The van der Waals surface area contributed by atoms with Gasteiger partial charge in [-0.2, -0.15) is 0 Å². The molecular formula is C20H20N2O. The second-order valence-electron chi connectivity index (χ2n) is 5.15. The van der Waals surface area contributed by atoms with Gasteiger partial charge in [-0.15, -0.1) is 0 Å². The molecule has 0 fully saturated rings. The van der Waals surface area contributed by atoms with Crippen LogP contribution < -0.4 is 15.4 Å². The third-order valence-corrected chi connectivity index (χ3v) is 3.40. The van der Waals surface area contributed by atoms with E-state index in [1.54, 1.807) is 0 Å². The minimum absolute atomic E-state index is 0.683. The zero-order chi connectivity index (χ0) is 15.9. The molecule has 3 aromatic carbocycles. The summed E-state index contributed by atoms with van der Waals surface area (Å²) >= 11 is 0. The van der Waals surface area contributed by atoms with Crippen molar-refractivity contribution in [3.8, 4) is 5.75 Å². The van der Waals surface area contributed by atoms with Crippen LogP contribution in [-0.2, 0) is 0 Å². The predicted octanol–water partition coefficient (Wildman–Crippen LogP) is 5.57. The van der Waals surface area contributed by atoms with E-state index in [-0.39, 0.29) is 0 Å². The average Bonchev–Trinajstić information content (AvgIpc) is 2.60. The highest BCUT2D eigenvalue weighted by molar-refractivity contribution is 5.66. The first-order valence-electron chi connectivity index (χ1n) is 7.75. The van der Waals surface area contributed by atoms with Crippen LogP contribution in [0.1, 0.15) is 6.92 Å². The Morgan fingerprint density at radius 3 is 1.52 bits per heavy atom. The molecule has 0 aromatic heterocycles. The van der Waals surface area contributed by atoms with Crippen molar-refractivity contribution < 1.29 is 4.74 Å². The first-order valence-corrected chi connectivity index (χ1v) is 7.75. The fraction of sp³-hybridized carbons (Fsp3) is 0.100. The van der Waals surface area contributed by atoms with E-state index in [1.807, 2.05) is 61.5 Å². The molecule has 0 heterocycles. The lowest BCUT2D eigenvalue weighted by molar-refractivity contribution is 0.340. The number of ether oxygens (including phenoxy) is 1. The molecule has 3 heteroatoms. The van der Waals surface area contributed by atoms with Crippen molar-refractivity contribution in [2.45, 2.75) is 6.92 Å². The zero-order valence-electron chi connectivity index (χ0n) is 13.1. The highest BCUT2D eigenvalue weighted by Gasteiger charge is 1.98. The molecule has 0 aliphatic carbocycles. The van der Waals surface area contributed by atoms with Crippen LogP contribution in [0, 0.1) is 0 Å². The Kier molecular flexibility index (Phi) is 4.79. The first kappa shape index (κ1) is 15.0. The molecule has 0 unspecified atom stereocenters. The van der Waals surface area contributed by atoms with Gasteiger partial charge in [-0.1, -0.05) is 18.2 Å². The summed E-state index contributed by atoms with van der Waals surface area (Å²) in [5.74, 6) is 0.889. The highest BCUT2D eigenvalue weighted by Crippen LogP contribution is 2.23. The Morgan fingerprint density at radius 1 is 0.609 bits per heavy atom. The van der Waals surface area contributed by atoms with Gasteiger partial charge in [-0.05, 0) is 67.6 Å². The fourth-order valence-corrected chi connectivity index (χ4v) is 2.29. The van der Waals surface area contributed by atoms with Crippen LogP contribution in [0.15, 0.2) is 78.9 Å². The van der Waals surface area contributed by atoms with Gasteiger partial charge in [-0.3, -0.25) is 0 Å². The summed E-state index contributed by atoms with van der Waals surface area (Å²) in [5.41, 5.74) is 4.23. The van der Waals surface area contributed by atoms with Crippen LogP contribution in [-0.4, -0.2) is 6.61 Å². The van der Waals surface area contributed by atoms with Gasteiger partial charge in [0.25, 0.3) is 0 Å². The Morgan fingerprint density at radius 2 is 1.04 bits per heavy atom. The summed E-state index contributed by atoms with van der Waals surface area (Å²) in [6.07, 6.45) is 0. The first-order chi connectivity index (χ1) is 11.3. The van der Waals surface area contributed by atoms with Crippen molar-refractivity contribution in [3.63, 3.8) is 0 Å². The smallest absolute Gasteiger partial charge is 0.119 e. The molecule has 0 saturated heterocycles. The molecule has 3 rings (SSSR count). The van der Waals surface area contributed by atoms with E-state index in [9.17, 15) is 0 Å². The second kappa shape index (κ2) is 7.36. The topological polar surface area (TPSA) is 33.3 Å². The van der Waals surface area contributed by atoms with Gasteiger partial charge in [-0.25, -0.2) is 0 Å². The summed E-state index contributed by atoms with van der Waals surface area (Å²) in [6, 6.07) is 26.3. The standard InChI is InChI=1S/C20H20N2O/c1-2-23-20-14-12-19(13-15-20)22-18-10-8-17(9-11-18)21-16-6-4-3-5-7-16/h3-15,21-22H,2H2,1H3. The number of nitrogens with one attached hydrogen (secondary N) is 2. The quantitative estimate of drug-likeness (QED) is 0.624. The lowest BCUT2D eigenvalue weighted by atomic mass is 10.2. The second-order valence-corrected chi connectivity index (χ2v) is 5.15. The van der Waals surface area contributed by atoms with Crippen LogP contribution in [0.2, 0.25) is 0 Å². The number of anilines is 4. The monoisotopic (exact) mass is 304 g/mol. The lowest BCUT2D eigenvalue weighted by Crippen LogP contribution is -1.94. The maximum absolute atomic E-state index is 5.45. The van der Waals surface area contributed by atoms with Crippen molar-refractivity contribution in [2.75, 3.05) is 17.2 Å². The minimum atomic E-state index is 0.683. The summed E-state index contributed by atoms with van der Waals surface area (Å²) in [6.45, 7) is 2.67. The zero-order valence-corrected chi connectivity index (χ0v) is 13.1. The molecule has 0 saturated carbocycles. The molecule has 116 valence electrons. The van der Waals surface area contributed by atoms with E-state index in [1.165, 1.54) is 0 Å². The van der Waals surface area contributed by atoms with Crippen molar-refractivity contribution in [1.29, 1.82) is 0 Å². The molecule has 0 atom stereocenters. The molecule has 3 nitrogen and oxygen atoms in total. The van der Waals surface area contributed by atoms with E-state index < -0.39 is 0 Å². The largest absolute Gasteiger partial charge is 0.494 e. The van der Waals surface area contributed by atoms with Gasteiger partial charge in [0.2, 0.25) is 0 Å². The molecule has 0 bridgehead atoms. The van der Waals surface area contributed by atoms with Crippen molar-refractivity contribution >= 4 is 22.7 Å². The summed E-state index contributed by atoms with van der Waals surface area (Å²) in [4.78, 5) is 0. The minimum Gasteiger partial charge on any atom is -0.494 e. The van der Waals surface area contributed by atoms with Gasteiger partial charge < -0.3 is 15.4 Å². The Balaban J connectivity index is 1.63. The number of rotatable bonds is 6. The van der Waals surface area contributed by atoms with Gasteiger partial charge in [0.15, 0.2) is 0 Å². The molecule has 0 radical (unpaired) electrons. The van der Waals surface area contributed by atoms with Gasteiger partial charge in [0, 0.05) is 22.7 Å². The Bertz CT molecular complexity index is 722. The van der Waals surface area contributed by atoms with Crippen LogP contribution in [0.4, 0.5) is 22.7 Å². The number of hydrogen-bond acceptors (Lipinski definition) is 3. The maximum atomic E-state index is 5.45. The maximum Gasteiger partial charge on any atom is 0.119 e. The molecular weight excluding hydrogens is 284 g/mol. The van der Waals surface area contributed by atoms with Gasteiger partial charge in [0.1, 0.15) is 5.75 Å². The van der Waals surface area contributed by atoms with Crippen molar-refractivity contribution in [3.05, 3.63) is 78.9 Å². The SMILES string of the molecule is CCOc1ccc(Nc2ccc(Nc3ccccc3)cc2)cc1. The molecule has 2 N–H and O–H groups in total. The third-order valence-electron chi connectivity index (χ3n) is 3.40. The third kappa shape index (κ3) is 4.27. The summed E-state index contributed by atoms with van der Waals surface area (Å²) < 4.78 is 5.45. The Labute approximate surface area is 136 Å². The fourth-order valence-electron chi connectivity index (χ4n) is 2.29. The van der Waals surface area contributed by atoms with E-state index in [0.717, 1.165) is 28.5 Å². The Hall–Kier alpha value is -2.94. The highest BCUT2D eigenvalue weighted by atomic mass is 16.5. The number of para-hydroxylation sites is 1. The summed E-state index contributed by atoms with van der Waals surface area (Å²) in [7, 11) is 0. The van der Waals surface area contributed by atoms with Crippen LogP contribution in [0.3, 0.4) is 0 Å². The van der Waals surface area contributed by atoms with E-state index >= 15 is 0 Å². The lowest BCUT2D eigenvalue weighted by Gasteiger charge is -2.10. The summed E-state index contributed by atoms with van der Waals surface area (Å²) in [5, 5.41) is 6.75. The van der Waals surface area contributed by atoms with Crippen molar-refractivity contribution in [1.82, 2.24) is 0 Å².